The van der Waals surface area contributed by atoms with Crippen LogP contribution in [0.4, 0.5) is 5.69 Å². The molecule has 0 bridgehead atoms. The van der Waals surface area contributed by atoms with Gasteiger partial charge in [-0.1, -0.05) is 38.4 Å². The van der Waals surface area contributed by atoms with Gasteiger partial charge in [0.15, 0.2) is 0 Å². The number of hydrogen-bond donors (Lipinski definition) is 2. The number of carbonyl (C=O) groups excluding carboxylic acids is 1. The predicted molar refractivity (Wildman–Crippen MR) is 80.5 cm³/mol. The average Bonchev–Trinajstić information content (AvgIpc) is 2.36. The van der Waals surface area contributed by atoms with E-state index < -0.39 is 10.8 Å². The monoisotopic (exact) mass is 314 g/mol. The molecule has 0 aliphatic heterocycles. The van der Waals surface area contributed by atoms with Crippen molar-refractivity contribution in [3.05, 3.63) is 38.9 Å². The predicted octanol–water partition coefficient (Wildman–Crippen LogP) is 2.78. The number of hydrogen-bond acceptors (Lipinski definition) is 4. The van der Waals surface area contributed by atoms with Gasteiger partial charge >= 0.3 is 0 Å². The van der Waals surface area contributed by atoms with E-state index >= 15 is 0 Å². The first-order valence-corrected chi connectivity index (χ1v) is 6.91. The Labute approximate surface area is 128 Å². The minimum Gasteiger partial charge on any atom is -0.396 e. The zero-order chi connectivity index (χ0) is 16.2. The summed E-state index contributed by atoms with van der Waals surface area (Å²) in [6, 6.07) is 3.82. The lowest BCUT2D eigenvalue weighted by molar-refractivity contribution is -0.384. The number of aliphatic hydroxyl groups is 1. The number of halogens is 1. The van der Waals surface area contributed by atoms with E-state index in [9.17, 15) is 14.9 Å². The van der Waals surface area contributed by atoms with E-state index in [1.165, 1.54) is 18.2 Å². The molecule has 0 aliphatic rings. The maximum atomic E-state index is 12.3. The second kappa shape index (κ2) is 6.87. The summed E-state index contributed by atoms with van der Waals surface area (Å²) in [6.45, 7) is 5.73. The Morgan fingerprint density at radius 3 is 2.57 bits per heavy atom. The van der Waals surface area contributed by atoms with E-state index in [2.05, 4.69) is 5.32 Å². The summed E-state index contributed by atoms with van der Waals surface area (Å²) in [5.41, 5.74) is -0.511. The van der Waals surface area contributed by atoms with Crippen molar-refractivity contribution in [3.63, 3.8) is 0 Å². The molecule has 116 valence electrons. The lowest BCUT2D eigenvalue weighted by Crippen LogP contribution is -2.44. The third-order valence-corrected chi connectivity index (χ3v) is 3.59. The van der Waals surface area contributed by atoms with E-state index in [1.54, 1.807) is 0 Å². The SMILES string of the molecule is CC(C)(C)C(CCO)NC(=O)c1cccc([N+](=O)[O-])c1Cl. The van der Waals surface area contributed by atoms with Gasteiger partial charge in [-0.2, -0.15) is 0 Å². The topological polar surface area (TPSA) is 92.5 Å². The van der Waals surface area contributed by atoms with Crippen molar-refractivity contribution in [2.75, 3.05) is 6.61 Å². The summed E-state index contributed by atoms with van der Waals surface area (Å²) in [6.07, 6.45) is 0.391. The maximum absolute atomic E-state index is 12.3. The first-order valence-electron chi connectivity index (χ1n) is 6.53. The summed E-state index contributed by atoms with van der Waals surface area (Å²) in [7, 11) is 0. The molecule has 0 aromatic heterocycles. The number of amides is 1. The van der Waals surface area contributed by atoms with Crippen LogP contribution in [0, 0.1) is 15.5 Å². The normalized spacial score (nSPS) is 12.8. The number of nitro groups is 1. The summed E-state index contributed by atoms with van der Waals surface area (Å²) in [5, 5.41) is 22.5. The molecule has 0 spiro atoms. The summed E-state index contributed by atoms with van der Waals surface area (Å²) >= 11 is 5.92. The molecule has 0 fully saturated rings. The second-order valence-corrected chi connectivity index (χ2v) is 6.18. The van der Waals surface area contributed by atoms with Crippen LogP contribution in [-0.2, 0) is 0 Å². The van der Waals surface area contributed by atoms with Crippen LogP contribution in [0.2, 0.25) is 5.02 Å². The van der Waals surface area contributed by atoms with Crippen LogP contribution in [0.1, 0.15) is 37.6 Å². The molecule has 1 unspecified atom stereocenters. The van der Waals surface area contributed by atoms with Crippen LogP contribution in [-0.4, -0.2) is 28.6 Å². The molecule has 7 heteroatoms. The molecule has 21 heavy (non-hydrogen) atoms. The van der Waals surface area contributed by atoms with Gasteiger partial charge < -0.3 is 10.4 Å². The molecular formula is C14H19ClN2O4. The molecule has 0 heterocycles. The molecule has 0 saturated carbocycles. The fourth-order valence-electron chi connectivity index (χ4n) is 1.92. The van der Waals surface area contributed by atoms with E-state index in [0.29, 0.717) is 6.42 Å². The van der Waals surface area contributed by atoms with Crippen LogP contribution < -0.4 is 5.32 Å². The molecule has 1 rings (SSSR count). The summed E-state index contributed by atoms with van der Waals surface area (Å²) < 4.78 is 0. The molecular weight excluding hydrogens is 296 g/mol. The van der Waals surface area contributed by atoms with Crippen LogP contribution >= 0.6 is 11.6 Å². The lowest BCUT2D eigenvalue weighted by Gasteiger charge is -2.31. The van der Waals surface area contributed by atoms with Crippen LogP contribution in [0.15, 0.2) is 18.2 Å². The van der Waals surface area contributed by atoms with Gasteiger partial charge in [-0.3, -0.25) is 14.9 Å². The van der Waals surface area contributed by atoms with Gasteiger partial charge in [-0.05, 0) is 17.9 Å². The van der Waals surface area contributed by atoms with Crippen molar-refractivity contribution in [1.82, 2.24) is 5.32 Å². The maximum Gasteiger partial charge on any atom is 0.288 e. The fourth-order valence-corrected chi connectivity index (χ4v) is 2.20. The Kier molecular flexibility index (Phi) is 5.69. The molecule has 2 N–H and O–H groups in total. The van der Waals surface area contributed by atoms with Gasteiger partial charge in [0, 0.05) is 18.7 Å². The minimum atomic E-state index is -0.631. The number of nitro benzene ring substituents is 1. The highest BCUT2D eigenvalue weighted by Crippen LogP contribution is 2.28. The third kappa shape index (κ3) is 4.41. The largest absolute Gasteiger partial charge is 0.396 e. The number of benzene rings is 1. The zero-order valence-electron chi connectivity index (χ0n) is 12.2. The quantitative estimate of drug-likeness (QED) is 0.645. The Morgan fingerprint density at radius 2 is 2.10 bits per heavy atom. The Hall–Kier alpha value is -1.66. The molecule has 0 saturated heterocycles. The van der Waals surface area contributed by atoms with E-state index in [1.807, 2.05) is 20.8 Å². The smallest absolute Gasteiger partial charge is 0.288 e. The standard InChI is InChI=1S/C14H19ClN2O4/c1-14(2,3)11(7-8-18)16-13(19)9-5-4-6-10(12(9)15)17(20)21/h4-6,11,18H,7-8H2,1-3H3,(H,16,19). The highest BCUT2D eigenvalue weighted by Gasteiger charge is 2.28. The number of aliphatic hydroxyl groups excluding tert-OH is 1. The Balaban J connectivity index is 3.04. The molecule has 1 aromatic carbocycles. The molecule has 6 nitrogen and oxygen atoms in total. The first-order chi connectivity index (χ1) is 9.68. The molecule has 0 aliphatic carbocycles. The van der Waals surface area contributed by atoms with Gasteiger partial charge in [0.1, 0.15) is 5.02 Å². The van der Waals surface area contributed by atoms with E-state index in [-0.39, 0.29) is 34.3 Å². The molecule has 1 aromatic rings. The Bertz CT molecular complexity index is 540. The fraction of sp³-hybridized carbons (Fsp3) is 0.500. The molecule has 1 atom stereocenters. The summed E-state index contributed by atoms with van der Waals surface area (Å²) in [4.78, 5) is 22.5. The van der Waals surface area contributed by atoms with Gasteiger partial charge in [0.2, 0.25) is 0 Å². The minimum absolute atomic E-state index is 0.0538. The van der Waals surface area contributed by atoms with Crippen molar-refractivity contribution in [2.45, 2.75) is 33.2 Å². The van der Waals surface area contributed by atoms with Crippen molar-refractivity contribution >= 4 is 23.2 Å². The summed E-state index contributed by atoms with van der Waals surface area (Å²) in [5.74, 6) is -0.489. The van der Waals surface area contributed by atoms with Crippen molar-refractivity contribution in [1.29, 1.82) is 0 Å². The van der Waals surface area contributed by atoms with Gasteiger partial charge in [-0.15, -0.1) is 0 Å². The van der Waals surface area contributed by atoms with Crippen molar-refractivity contribution in [3.8, 4) is 0 Å². The lowest BCUT2D eigenvalue weighted by atomic mass is 9.84. The zero-order valence-corrected chi connectivity index (χ0v) is 13.0. The second-order valence-electron chi connectivity index (χ2n) is 5.80. The average molecular weight is 315 g/mol. The van der Waals surface area contributed by atoms with Gasteiger partial charge in [0.05, 0.1) is 10.5 Å². The van der Waals surface area contributed by atoms with Crippen LogP contribution in [0.3, 0.4) is 0 Å². The molecule has 0 radical (unpaired) electrons. The number of nitrogens with zero attached hydrogens (tertiary/aromatic N) is 1. The third-order valence-electron chi connectivity index (χ3n) is 3.19. The highest BCUT2D eigenvalue weighted by molar-refractivity contribution is 6.35. The van der Waals surface area contributed by atoms with Crippen molar-refractivity contribution in [2.24, 2.45) is 5.41 Å². The van der Waals surface area contributed by atoms with Crippen LogP contribution in [0.25, 0.3) is 0 Å². The Morgan fingerprint density at radius 1 is 1.48 bits per heavy atom. The molecule has 1 amide bonds. The number of nitrogens with one attached hydrogen (secondary N) is 1. The van der Waals surface area contributed by atoms with E-state index in [0.717, 1.165) is 0 Å². The van der Waals surface area contributed by atoms with Gasteiger partial charge in [-0.25, -0.2) is 0 Å². The van der Waals surface area contributed by atoms with Crippen molar-refractivity contribution < 1.29 is 14.8 Å². The van der Waals surface area contributed by atoms with E-state index in [4.69, 9.17) is 16.7 Å². The number of carbonyl (C=O) groups is 1. The van der Waals surface area contributed by atoms with Gasteiger partial charge in [0.25, 0.3) is 11.6 Å². The van der Waals surface area contributed by atoms with Crippen LogP contribution in [0.5, 0.6) is 0 Å². The first kappa shape index (κ1) is 17.4. The highest BCUT2D eigenvalue weighted by atomic mass is 35.5. The number of rotatable bonds is 5.